The Morgan fingerprint density at radius 3 is 2.57 bits per heavy atom. The molecule has 0 atom stereocenters. The van der Waals surface area contributed by atoms with Gasteiger partial charge in [0.1, 0.15) is 0 Å². The zero-order chi connectivity index (χ0) is 10.8. The summed E-state index contributed by atoms with van der Waals surface area (Å²) in [5.41, 5.74) is -1.36. The molecule has 0 aromatic heterocycles. The Labute approximate surface area is 82.2 Å². The fraction of sp³-hybridized carbons (Fsp3) is 0.571. The molecule has 0 bridgehead atoms. The monoisotopic (exact) mass is 228 g/mol. The second-order valence-electron chi connectivity index (χ2n) is 2.35. The van der Waals surface area contributed by atoms with E-state index in [0.717, 1.165) is 18.9 Å². The van der Waals surface area contributed by atoms with E-state index in [1.54, 1.807) is 0 Å². The fourth-order valence-electron chi connectivity index (χ4n) is 0.872. The van der Waals surface area contributed by atoms with E-state index in [-0.39, 0.29) is 6.61 Å². The summed E-state index contributed by atoms with van der Waals surface area (Å²) in [4.78, 5) is 10.9. The number of thioether (sulfide) groups is 1. The van der Waals surface area contributed by atoms with Crippen molar-refractivity contribution in [2.24, 2.45) is 0 Å². The van der Waals surface area contributed by atoms with Crippen LogP contribution in [0, 0.1) is 0 Å². The standard InChI is InChI=1S/C7H7F3O3S/c1-12-5(11)4(7(8,9)10)6-13-2-3-14-6/h2-3H2,1H3/b6-4-. The Hall–Kier alpha value is -0.850. The topological polar surface area (TPSA) is 35.5 Å². The highest BCUT2D eigenvalue weighted by molar-refractivity contribution is 8.03. The van der Waals surface area contributed by atoms with Gasteiger partial charge in [-0.15, -0.1) is 0 Å². The SMILES string of the molecule is COC(=O)/C(=C1\OCCS1)C(F)(F)F. The molecule has 80 valence electrons. The lowest BCUT2D eigenvalue weighted by atomic mass is 10.3. The van der Waals surface area contributed by atoms with Crippen LogP contribution < -0.4 is 0 Å². The molecule has 14 heavy (non-hydrogen) atoms. The first kappa shape index (κ1) is 11.2. The molecule has 0 N–H and O–H groups in total. The molecule has 1 heterocycles. The minimum Gasteiger partial charge on any atom is -0.486 e. The minimum atomic E-state index is -4.74. The zero-order valence-electron chi connectivity index (χ0n) is 7.18. The van der Waals surface area contributed by atoms with Gasteiger partial charge in [0.25, 0.3) is 0 Å². The molecule has 1 fully saturated rings. The third-order valence-electron chi connectivity index (χ3n) is 1.43. The molecule has 0 spiro atoms. The third kappa shape index (κ3) is 2.34. The number of hydrogen-bond acceptors (Lipinski definition) is 4. The van der Waals surface area contributed by atoms with Gasteiger partial charge in [-0.1, -0.05) is 11.8 Å². The number of methoxy groups -OCH3 is 1. The van der Waals surface area contributed by atoms with Crippen molar-refractivity contribution in [1.29, 1.82) is 0 Å². The summed E-state index contributed by atoms with van der Waals surface area (Å²) < 4.78 is 45.8. The molecule has 0 aliphatic carbocycles. The normalized spacial score (nSPS) is 20.3. The Morgan fingerprint density at radius 1 is 1.57 bits per heavy atom. The van der Waals surface area contributed by atoms with Gasteiger partial charge in [0, 0.05) is 5.75 Å². The molecule has 1 aliphatic rings. The van der Waals surface area contributed by atoms with Crippen LogP contribution in [0.4, 0.5) is 13.2 Å². The average molecular weight is 228 g/mol. The minimum absolute atomic E-state index is 0.177. The second kappa shape index (κ2) is 4.12. The Balaban J connectivity index is 3.04. The number of alkyl halides is 3. The molecule has 7 heteroatoms. The van der Waals surface area contributed by atoms with E-state index in [0.29, 0.717) is 5.75 Å². The first-order valence-corrected chi connectivity index (χ1v) is 4.60. The molecule has 1 saturated heterocycles. The number of rotatable bonds is 1. The summed E-state index contributed by atoms with van der Waals surface area (Å²) in [5.74, 6) is -1.01. The number of carbonyl (C=O) groups excluding carboxylic acids is 1. The lowest BCUT2D eigenvalue weighted by molar-refractivity contribution is -0.148. The first-order chi connectivity index (χ1) is 6.46. The van der Waals surface area contributed by atoms with Crippen molar-refractivity contribution >= 4 is 17.7 Å². The lowest BCUT2D eigenvalue weighted by Crippen LogP contribution is -2.22. The van der Waals surface area contributed by atoms with Crippen molar-refractivity contribution in [3.63, 3.8) is 0 Å². The highest BCUT2D eigenvalue weighted by Crippen LogP contribution is 2.36. The van der Waals surface area contributed by atoms with Crippen LogP contribution in [0.2, 0.25) is 0 Å². The number of halogens is 3. The van der Waals surface area contributed by atoms with E-state index < -0.39 is 22.8 Å². The van der Waals surface area contributed by atoms with Crippen molar-refractivity contribution in [2.75, 3.05) is 19.5 Å². The van der Waals surface area contributed by atoms with Gasteiger partial charge < -0.3 is 9.47 Å². The lowest BCUT2D eigenvalue weighted by Gasteiger charge is -2.11. The van der Waals surface area contributed by atoms with Crippen molar-refractivity contribution in [1.82, 2.24) is 0 Å². The average Bonchev–Trinajstić information content (AvgIpc) is 2.54. The van der Waals surface area contributed by atoms with Gasteiger partial charge >= 0.3 is 12.1 Å². The molecule has 0 aromatic carbocycles. The highest BCUT2D eigenvalue weighted by Gasteiger charge is 2.44. The summed E-state index contributed by atoms with van der Waals surface area (Å²) in [7, 11) is 0.897. The molecule has 1 rings (SSSR count). The second-order valence-corrected chi connectivity index (χ2v) is 3.42. The van der Waals surface area contributed by atoms with E-state index in [9.17, 15) is 18.0 Å². The van der Waals surface area contributed by atoms with Gasteiger partial charge in [-0.25, -0.2) is 4.79 Å². The van der Waals surface area contributed by atoms with Gasteiger partial charge in [0.2, 0.25) is 0 Å². The van der Waals surface area contributed by atoms with Crippen LogP contribution in [-0.2, 0) is 14.3 Å². The maximum absolute atomic E-state index is 12.4. The van der Waals surface area contributed by atoms with E-state index in [1.165, 1.54) is 0 Å². The number of hydrogen-bond donors (Lipinski definition) is 0. The highest BCUT2D eigenvalue weighted by atomic mass is 32.2. The number of ether oxygens (including phenoxy) is 2. The first-order valence-electron chi connectivity index (χ1n) is 3.62. The Morgan fingerprint density at radius 2 is 2.21 bits per heavy atom. The van der Waals surface area contributed by atoms with E-state index in [4.69, 9.17) is 0 Å². The maximum atomic E-state index is 12.4. The maximum Gasteiger partial charge on any atom is 0.427 e. The Kier molecular flexibility index (Phi) is 3.30. The molecule has 0 amide bonds. The van der Waals surface area contributed by atoms with E-state index in [1.807, 2.05) is 0 Å². The van der Waals surface area contributed by atoms with Gasteiger partial charge in [0.05, 0.1) is 13.7 Å². The Bertz CT molecular complexity index is 264. The summed E-state index contributed by atoms with van der Waals surface area (Å²) in [6, 6.07) is 0. The molecule has 1 aliphatic heterocycles. The predicted molar refractivity (Wildman–Crippen MR) is 43.5 cm³/mol. The van der Waals surface area contributed by atoms with Crippen molar-refractivity contribution in [2.45, 2.75) is 6.18 Å². The summed E-state index contributed by atoms with van der Waals surface area (Å²) in [6.07, 6.45) is -4.74. The molecular weight excluding hydrogens is 221 g/mol. The van der Waals surface area contributed by atoms with Crippen LogP contribution in [0.5, 0.6) is 0 Å². The fourth-order valence-corrected chi connectivity index (χ4v) is 1.73. The summed E-state index contributed by atoms with van der Waals surface area (Å²) in [5, 5.41) is -0.399. The number of carbonyl (C=O) groups is 1. The number of esters is 1. The van der Waals surface area contributed by atoms with Crippen LogP contribution in [0.25, 0.3) is 0 Å². The third-order valence-corrected chi connectivity index (χ3v) is 2.38. The van der Waals surface area contributed by atoms with Crippen LogP contribution in [-0.4, -0.2) is 31.6 Å². The molecule has 0 radical (unpaired) electrons. The van der Waals surface area contributed by atoms with Crippen LogP contribution in [0.15, 0.2) is 10.7 Å². The smallest absolute Gasteiger partial charge is 0.427 e. The van der Waals surface area contributed by atoms with Crippen molar-refractivity contribution in [3.8, 4) is 0 Å². The molecule has 3 nitrogen and oxygen atoms in total. The van der Waals surface area contributed by atoms with Gasteiger partial charge in [-0.3, -0.25) is 0 Å². The molecule has 0 saturated carbocycles. The van der Waals surface area contributed by atoms with E-state index in [2.05, 4.69) is 9.47 Å². The van der Waals surface area contributed by atoms with Gasteiger partial charge in [0.15, 0.2) is 10.7 Å². The van der Waals surface area contributed by atoms with Crippen molar-refractivity contribution < 1.29 is 27.4 Å². The molecular formula is C7H7F3O3S. The molecule has 0 unspecified atom stereocenters. The quantitative estimate of drug-likeness (QED) is 0.505. The molecule has 0 aromatic rings. The summed E-state index contributed by atoms with van der Waals surface area (Å²) >= 11 is 0.858. The largest absolute Gasteiger partial charge is 0.486 e. The van der Waals surface area contributed by atoms with Crippen LogP contribution >= 0.6 is 11.8 Å². The van der Waals surface area contributed by atoms with E-state index >= 15 is 0 Å². The van der Waals surface area contributed by atoms with Crippen LogP contribution in [0.3, 0.4) is 0 Å². The predicted octanol–water partition coefficient (Wildman–Crippen LogP) is 1.70. The summed E-state index contributed by atoms with van der Waals surface area (Å²) in [6.45, 7) is 0.177. The zero-order valence-corrected chi connectivity index (χ0v) is 8.00. The van der Waals surface area contributed by atoms with Crippen LogP contribution in [0.1, 0.15) is 0 Å². The van der Waals surface area contributed by atoms with Gasteiger partial charge in [-0.2, -0.15) is 13.2 Å². The van der Waals surface area contributed by atoms with Gasteiger partial charge in [-0.05, 0) is 0 Å². The van der Waals surface area contributed by atoms with Crippen molar-refractivity contribution in [3.05, 3.63) is 10.7 Å².